The standard InChI is InChI=1S/C24H24N4O3S/c1-4-17-5-7-19(8-6-17)25-24-26-23(29)22(32-24)14-18-13-15(2)27(16(18)3)20-9-11-21(12-10-20)28(30)31/h5-14,24-25H,4H2,1-3H3,(H,26,29)/b22-14+/t24-/m1/s1. The van der Waals surface area contributed by atoms with Crippen molar-refractivity contribution in [2.24, 2.45) is 0 Å². The van der Waals surface area contributed by atoms with E-state index in [9.17, 15) is 14.9 Å². The Kier molecular flexibility index (Phi) is 6.05. The van der Waals surface area contributed by atoms with Crippen LogP contribution in [0.1, 0.15) is 29.4 Å². The molecule has 0 radical (unpaired) electrons. The number of aromatic nitrogens is 1. The molecule has 1 aliphatic rings. The van der Waals surface area contributed by atoms with Crippen molar-refractivity contribution in [3.63, 3.8) is 0 Å². The average molecular weight is 449 g/mol. The summed E-state index contributed by atoms with van der Waals surface area (Å²) in [5.41, 5.74) is 5.77. The fraction of sp³-hybridized carbons (Fsp3) is 0.208. The molecule has 1 saturated heterocycles. The molecule has 4 rings (SSSR count). The summed E-state index contributed by atoms with van der Waals surface area (Å²) in [4.78, 5) is 23.7. The van der Waals surface area contributed by atoms with Crippen LogP contribution in [0.4, 0.5) is 11.4 Å². The maximum atomic E-state index is 12.5. The first kappa shape index (κ1) is 21.7. The number of hydrogen-bond acceptors (Lipinski definition) is 5. The van der Waals surface area contributed by atoms with Gasteiger partial charge in [-0.1, -0.05) is 30.8 Å². The minimum atomic E-state index is -0.409. The number of nitro groups is 1. The van der Waals surface area contributed by atoms with Gasteiger partial charge in [0.1, 0.15) is 0 Å². The van der Waals surface area contributed by atoms with Crippen molar-refractivity contribution in [3.8, 4) is 5.69 Å². The lowest BCUT2D eigenvalue weighted by atomic mass is 10.1. The average Bonchev–Trinajstić information content (AvgIpc) is 3.26. The molecule has 0 bridgehead atoms. The number of rotatable bonds is 6. The van der Waals surface area contributed by atoms with Crippen LogP contribution < -0.4 is 10.6 Å². The van der Waals surface area contributed by atoms with Crippen molar-refractivity contribution in [2.45, 2.75) is 32.7 Å². The van der Waals surface area contributed by atoms with Crippen molar-refractivity contribution in [1.29, 1.82) is 0 Å². The summed E-state index contributed by atoms with van der Waals surface area (Å²) < 4.78 is 2.03. The maximum Gasteiger partial charge on any atom is 0.269 e. The third kappa shape index (κ3) is 4.40. The van der Waals surface area contributed by atoms with Crippen LogP contribution in [0.5, 0.6) is 0 Å². The van der Waals surface area contributed by atoms with E-state index in [0.717, 1.165) is 34.7 Å². The molecule has 2 heterocycles. The lowest BCUT2D eigenvalue weighted by Crippen LogP contribution is -2.30. The summed E-state index contributed by atoms with van der Waals surface area (Å²) in [5, 5.41) is 17.2. The fourth-order valence-electron chi connectivity index (χ4n) is 3.75. The molecular formula is C24H24N4O3S. The van der Waals surface area contributed by atoms with Gasteiger partial charge < -0.3 is 15.2 Å². The van der Waals surface area contributed by atoms with Crippen molar-refractivity contribution in [2.75, 3.05) is 5.32 Å². The Morgan fingerprint density at radius 3 is 2.47 bits per heavy atom. The number of benzene rings is 2. The lowest BCUT2D eigenvalue weighted by molar-refractivity contribution is -0.384. The van der Waals surface area contributed by atoms with Crippen molar-refractivity contribution in [3.05, 3.63) is 92.1 Å². The molecule has 1 aromatic heterocycles. The maximum absolute atomic E-state index is 12.5. The van der Waals surface area contributed by atoms with Gasteiger partial charge in [-0.2, -0.15) is 0 Å². The van der Waals surface area contributed by atoms with Gasteiger partial charge in [0.2, 0.25) is 0 Å². The monoisotopic (exact) mass is 448 g/mol. The van der Waals surface area contributed by atoms with Crippen LogP contribution in [0.3, 0.4) is 0 Å². The van der Waals surface area contributed by atoms with E-state index in [1.54, 1.807) is 12.1 Å². The van der Waals surface area contributed by atoms with Crippen LogP contribution in [-0.2, 0) is 11.2 Å². The normalized spacial score (nSPS) is 16.9. The molecule has 1 atom stereocenters. The fourth-order valence-corrected chi connectivity index (χ4v) is 4.72. The summed E-state index contributed by atoms with van der Waals surface area (Å²) in [5.74, 6) is -0.113. The van der Waals surface area contributed by atoms with Gasteiger partial charge in [-0.3, -0.25) is 14.9 Å². The van der Waals surface area contributed by atoms with E-state index in [2.05, 4.69) is 29.7 Å². The van der Waals surface area contributed by atoms with Gasteiger partial charge in [-0.15, -0.1) is 0 Å². The molecule has 0 spiro atoms. The highest BCUT2D eigenvalue weighted by Crippen LogP contribution is 2.32. The Morgan fingerprint density at radius 1 is 1.16 bits per heavy atom. The van der Waals surface area contributed by atoms with Gasteiger partial charge in [0.05, 0.1) is 9.83 Å². The number of anilines is 1. The molecule has 0 saturated carbocycles. The largest absolute Gasteiger partial charge is 0.357 e. The molecule has 1 aliphatic heterocycles. The van der Waals surface area contributed by atoms with Gasteiger partial charge in [0, 0.05) is 34.9 Å². The predicted molar refractivity (Wildman–Crippen MR) is 129 cm³/mol. The van der Waals surface area contributed by atoms with E-state index < -0.39 is 4.92 Å². The van der Waals surface area contributed by atoms with Crippen LogP contribution in [0.25, 0.3) is 11.8 Å². The van der Waals surface area contributed by atoms with Crippen molar-refractivity contribution < 1.29 is 9.72 Å². The van der Waals surface area contributed by atoms with E-state index >= 15 is 0 Å². The number of carbonyl (C=O) groups is 1. The first-order valence-electron chi connectivity index (χ1n) is 10.3. The summed E-state index contributed by atoms with van der Waals surface area (Å²) in [6.07, 6.45) is 2.88. The third-order valence-electron chi connectivity index (χ3n) is 5.47. The summed E-state index contributed by atoms with van der Waals surface area (Å²) >= 11 is 1.45. The Morgan fingerprint density at radius 2 is 1.84 bits per heavy atom. The van der Waals surface area contributed by atoms with Gasteiger partial charge >= 0.3 is 0 Å². The Hall–Kier alpha value is -3.52. The predicted octanol–water partition coefficient (Wildman–Crippen LogP) is 5.16. The second-order valence-corrected chi connectivity index (χ2v) is 8.76. The lowest BCUT2D eigenvalue weighted by Gasteiger charge is -2.12. The quantitative estimate of drug-likeness (QED) is 0.309. The number of hydrogen-bond donors (Lipinski definition) is 2. The minimum absolute atomic E-state index is 0.0560. The van der Waals surface area contributed by atoms with E-state index in [4.69, 9.17) is 0 Å². The van der Waals surface area contributed by atoms with Gasteiger partial charge in [-0.05, 0) is 67.8 Å². The second kappa shape index (κ2) is 8.92. The van der Waals surface area contributed by atoms with Crippen LogP contribution in [0, 0.1) is 24.0 Å². The smallest absolute Gasteiger partial charge is 0.269 e. The highest BCUT2D eigenvalue weighted by Gasteiger charge is 2.27. The van der Waals surface area contributed by atoms with Crippen LogP contribution in [0.2, 0.25) is 0 Å². The molecule has 32 heavy (non-hydrogen) atoms. The van der Waals surface area contributed by atoms with Crippen molar-refractivity contribution >= 4 is 35.1 Å². The zero-order chi connectivity index (χ0) is 22.8. The van der Waals surface area contributed by atoms with Gasteiger partial charge in [0.25, 0.3) is 11.6 Å². The number of aryl methyl sites for hydroxylation is 2. The first-order valence-corrected chi connectivity index (χ1v) is 11.2. The molecule has 7 nitrogen and oxygen atoms in total. The third-order valence-corrected chi connectivity index (χ3v) is 6.49. The van der Waals surface area contributed by atoms with E-state index in [0.29, 0.717) is 4.91 Å². The number of nitrogens with one attached hydrogen (secondary N) is 2. The highest BCUT2D eigenvalue weighted by molar-refractivity contribution is 8.05. The number of nitrogens with zero attached hydrogens (tertiary/aromatic N) is 2. The number of amides is 1. The molecule has 2 N–H and O–H groups in total. The second-order valence-electron chi connectivity index (χ2n) is 7.61. The van der Waals surface area contributed by atoms with Crippen molar-refractivity contribution in [1.82, 2.24) is 9.88 Å². The summed E-state index contributed by atoms with van der Waals surface area (Å²) in [6.45, 7) is 6.07. The molecule has 164 valence electrons. The van der Waals surface area contributed by atoms with Gasteiger partial charge in [0.15, 0.2) is 5.50 Å². The Labute approximate surface area is 190 Å². The molecular weight excluding hydrogens is 424 g/mol. The minimum Gasteiger partial charge on any atom is -0.357 e. The first-order chi connectivity index (χ1) is 15.4. The molecule has 3 aromatic rings. The summed E-state index contributed by atoms with van der Waals surface area (Å²) in [7, 11) is 0. The number of carbonyl (C=O) groups excluding carboxylic acids is 1. The van der Waals surface area contributed by atoms with Crippen LogP contribution in [0.15, 0.2) is 59.5 Å². The molecule has 1 amide bonds. The highest BCUT2D eigenvalue weighted by atomic mass is 32.2. The van der Waals surface area contributed by atoms with Crippen LogP contribution in [-0.4, -0.2) is 20.9 Å². The van der Waals surface area contributed by atoms with Crippen LogP contribution >= 0.6 is 11.8 Å². The number of thioether (sulfide) groups is 1. The van der Waals surface area contributed by atoms with E-state index in [1.165, 1.54) is 29.5 Å². The molecule has 2 aromatic carbocycles. The SMILES string of the molecule is CCc1ccc(N[C@@H]2NC(=O)/C(=C\c3cc(C)n(-c4ccc([N+](=O)[O-])cc4)c3C)S2)cc1. The molecule has 0 unspecified atom stereocenters. The molecule has 0 aliphatic carbocycles. The zero-order valence-corrected chi connectivity index (χ0v) is 18.9. The number of non-ortho nitro benzene ring substituents is 1. The van der Waals surface area contributed by atoms with Gasteiger partial charge in [-0.25, -0.2) is 0 Å². The van der Waals surface area contributed by atoms with E-state index in [-0.39, 0.29) is 17.1 Å². The Balaban J connectivity index is 1.54. The number of nitro benzene ring substituents is 1. The van der Waals surface area contributed by atoms with E-state index in [1.807, 2.05) is 42.7 Å². The summed E-state index contributed by atoms with van der Waals surface area (Å²) in [6, 6.07) is 16.7. The zero-order valence-electron chi connectivity index (χ0n) is 18.1. The topological polar surface area (TPSA) is 89.2 Å². The Bertz CT molecular complexity index is 1200. The molecule has 1 fully saturated rings. The molecule has 8 heteroatoms.